The molecule has 2 heteroatoms. The number of aromatic nitrogens is 1. The summed E-state index contributed by atoms with van der Waals surface area (Å²) in [4.78, 5) is 0. The summed E-state index contributed by atoms with van der Waals surface area (Å²) in [6, 6.07) is 0. The zero-order chi connectivity index (χ0) is 2.83. The number of hydrogen-bond donors (Lipinski definition) is 1. The summed E-state index contributed by atoms with van der Waals surface area (Å²) in [5, 5.41) is 0. The molecule has 0 saturated heterocycles. The van der Waals surface area contributed by atoms with Crippen LogP contribution < -0.4 is 0 Å². The fraction of sp³-hybridized carbons (Fsp3) is 0. The highest BCUT2D eigenvalue weighted by molar-refractivity contribution is 7.25. The van der Waals surface area contributed by atoms with Gasteiger partial charge in [-0.3, -0.25) is 0 Å². The molecule has 0 amide bonds. The van der Waals surface area contributed by atoms with Gasteiger partial charge in [0.2, 0.25) is 0 Å². The van der Waals surface area contributed by atoms with Crippen LogP contribution >= 0.6 is 8.35 Å². The van der Waals surface area contributed by atoms with Crippen LogP contribution in [-0.2, 0) is 0 Å². The summed E-state index contributed by atoms with van der Waals surface area (Å²) in [5.74, 6) is 2.10. The molecule has 1 atom stereocenters. The fourth-order valence-electron chi connectivity index (χ4n) is 0.0833. The molecule has 0 radical (unpaired) electrons. The van der Waals surface area contributed by atoms with E-state index in [9.17, 15) is 0 Å². The second kappa shape index (κ2) is 0.652. The van der Waals surface area contributed by atoms with Crippen molar-refractivity contribution in [3.63, 3.8) is 0 Å². The Morgan fingerprint density at radius 2 is 2.00 bits per heavy atom. The second-order valence-corrected chi connectivity index (χ2v) is 1.53. The van der Waals surface area contributed by atoms with Gasteiger partial charge in [-0.15, -0.1) is 0 Å². The standard InChI is InChI=1S/C2H4NP/c1-2-4-3-1/h1-4H. The summed E-state index contributed by atoms with van der Waals surface area (Å²) in [6.45, 7) is 0. The molecule has 0 aliphatic rings. The number of hydrogen-bond acceptors (Lipinski definition) is 0. The van der Waals surface area contributed by atoms with E-state index in [1.54, 1.807) is 0 Å². The van der Waals surface area contributed by atoms with Gasteiger partial charge >= 0.3 is 0 Å². The van der Waals surface area contributed by atoms with Gasteiger partial charge in [0.25, 0.3) is 0 Å². The minimum atomic E-state index is 0.890. The first-order valence-electron chi connectivity index (χ1n) is 1.16. The van der Waals surface area contributed by atoms with Crippen molar-refractivity contribution >= 4 is 8.35 Å². The Morgan fingerprint density at radius 3 is 2.00 bits per heavy atom. The monoisotopic (exact) mass is 73.0 g/mol. The third kappa shape index (κ3) is 0.0880. The van der Waals surface area contributed by atoms with E-state index in [-0.39, 0.29) is 0 Å². The molecule has 1 N–H and O–H groups in total. The predicted molar refractivity (Wildman–Crippen MR) is 20.3 cm³/mol. The van der Waals surface area contributed by atoms with Crippen molar-refractivity contribution in [1.29, 1.82) is 0 Å². The van der Waals surface area contributed by atoms with E-state index in [0.717, 1.165) is 8.35 Å². The first-order chi connectivity index (χ1) is 2.00. The van der Waals surface area contributed by atoms with Gasteiger partial charge in [-0.2, -0.15) is 0 Å². The van der Waals surface area contributed by atoms with E-state index >= 15 is 0 Å². The Labute approximate surface area is 26.2 Å². The molecule has 0 aromatic carbocycles. The van der Waals surface area contributed by atoms with E-state index < -0.39 is 0 Å². The van der Waals surface area contributed by atoms with Crippen LogP contribution in [0.4, 0.5) is 0 Å². The average Bonchev–Trinajstić information content (AvgIpc) is 0.722. The number of rotatable bonds is 0. The zero-order valence-electron chi connectivity index (χ0n) is 2.15. The van der Waals surface area contributed by atoms with E-state index in [1.807, 2.05) is 6.20 Å². The first-order valence-corrected chi connectivity index (χ1v) is 2.24. The lowest BCUT2D eigenvalue weighted by Crippen LogP contribution is -1.49. The van der Waals surface area contributed by atoms with Crippen molar-refractivity contribution in [3.8, 4) is 0 Å². The Balaban J connectivity index is 3.00. The summed E-state index contributed by atoms with van der Waals surface area (Å²) >= 11 is 0. The molecule has 1 rings (SSSR count). The van der Waals surface area contributed by atoms with Crippen LogP contribution in [0.2, 0.25) is 0 Å². The van der Waals surface area contributed by atoms with E-state index in [4.69, 9.17) is 0 Å². The normalized spacial score (nSPS) is 10.0. The summed E-state index contributed by atoms with van der Waals surface area (Å²) in [7, 11) is 0.890. The SMILES string of the molecule is c1c[pH][nH]1. The predicted octanol–water partition coefficient (Wildman–Crippen LogP) is 1.05. The molecule has 4 heavy (non-hydrogen) atoms. The van der Waals surface area contributed by atoms with Crippen molar-refractivity contribution in [3.05, 3.63) is 12.0 Å². The maximum Gasteiger partial charge on any atom is 0.00868 e. The molecule has 0 bridgehead atoms. The van der Waals surface area contributed by atoms with E-state index in [1.165, 1.54) is 0 Å². The molecule has 0 aliphatic heterocycles. The molecular formula is C2H4NP. The number of nitrogens with one attached hydrogen (secondary N) is 1. The van der Waals surface area contributed by atoms with Crippen LogP contribution in [-0.4, -0.2) is 4.75 Å². The van der Waals surface area contributed by atoms with Gasteiger partial charge in [0.05, 0.1) is 0 Å². The van der Waals surface area contributed by atoms with Crippen LogP contribution in [0.25, 0.3) is 0 Å². The third-order valence-electron chi connectivity index (χ3n) is 0.333. The van der Waals surface area contributed by atoms with Crippen LogP contribution in [0.1, 0.15) is 0 Å². The Bertz CT molecular complexity index is 47.8. The minimum absolute atomic E-state index is 0.890. The van der Waals surface area contributed by atoms with Crippen molar-refractivity contribution in [2.45, 2.75) is 0 Å². The Hall–Kier alpha value is -0.160. The van der Waals surface area contributed by atoms with Gasteiger partial charge in [0.1, 0.15) is 0 Å². The van der Waals surface area contributed by atoms with Crippen molar-refractivity contribution < 1.29 is 0 Å². The molecule has 1 heterocycles. The highest BCUT2D eigenvalue weighted by atomic mass is 31.0. The van der Waals surface area contributed by atoms with E-state index in [0.29, 0.717) is 0 Å². The quantitative estimate of drug-likeness (QED) is 0.472. The third-order valence-corrected chi connectivity index (χ3v) is 1.00. The maximum absolute atomic E-state index is 2.96. The molecule has 0 fully saturated rings. The van der Waals surface area contributed by atoms with Gasteiger partial charge in [-0.05, 0) is 5.80 Å². The van der Waals surface area contributed by atoms with Crippen molar-refractivity contribution in [1.82, 2.24) is 4.75 Å². The van der Waals surface area contributed by atoms with Crippen LogP contribution in [0.3, 0.4) is 0 Å². The Kier molecular flexibility index (Phi) is 0.342. The fourth-order valence-corrected chi connectivity index (χ4v) is 0.250. The summed E-state index contributed by atoms with van der Waals surface area (Å²) in [6.07, 6.45) is 1.94. The molecule has 22 valence electrons. The van der Waals surface area contributed by atoms with Gasteiger partial charge in [-0.1, -0.05) is 8.35 Å². The molecule has 0 saturated carbocycles. The first kappa shape index (κ1) is 2.10. The van der Waals surface area contributed by atoms with Gasteiger partial charge < -0.3 is 4.75 Å². The smallest absolute Gasteiger partial charge is 0.00868 e. The Morgan fingerprint density at radius 1 is 1.75 bits per heavy atom. The van der Waals surface area contributed by atoms with Crippen LogP contribution in [0.15, 0.2) is 12.0 Å². The molecular weight excluding hydrogens is 69.0 g/mol. The van der Waals surface area contributed by atoms with Gasteiger partial charge in [0, 0.05) is 6.20 Å². The highest BCUT2D eigenvalue weighted by Crippen LogP contribution is 1.94. The molecule has 1 aromatic heterocycles. The average molecular weight is 73.0 g/mol. The van der Waals surface area contributed by atoms with Gasteiger partial charge in [-0.25, -0.2) is 0 Å². The van der Waals surface area contributed by atoms with Crippen LogP contribution in [0, 0.1) is 0 Å². The topological polar surface area (TPSA) is 15.8 Å². The molecule has 0 aliphatic carbocycles. The largest absolute Gasteiger partial charge is 0.354 e. The van der Waals surface area contributed by atoms with Crippen molar-refractivity contribution in [2.75, 3.05) is 0 Å². The van der Waals surface area contributed by atoms with Crippen molar-refractivity contribution in [2.24, 2.45) is 0 Å². The van der Waals surface area contributed by atoms with Crippen LogP contribution in [0.5, 0.6) is 0 Å². The summed E-state index contributed by atoms with van der Waals surface area (Å²) in [5.41, 5.74) is 0. The lowest BCUT2D eigenvalue weighted by atomic mass is 11.0. The number of aromatic amines is 1. The lowest BCUT2D eigenvalue weighted by molar-refractivity contribution is 1.53. The zero-order valence-corrected chi connectivity index (χ0v) is 3.15. The second-order valence-electron chi connectivity index (χ2n) is 0.622. The molecule has 1 nitrogen and oxygen atoms in total. The molecule has 1 aromatic rings. The van der Waals surface area contributed by atoms with Gasteiger partial charge in [0.15, 0.2) is 0 Å². The summed E-state index contributed by atoms with van der Waals surface area (Å²) < 4.78 is 2.96. The van der Waals surface area contributed by atoms with E-state index in [2.05, 4.69) is 10.5 Å². The lowest BCUT2D eigenvalue weighted by Gasteiger charge is -1.75. The maximum atomic E-state index is 2.96. The minimum Gasteiger partial charge on any atom is -0.354 e. The molecule has 0 spiro atoms. The number of H-pyrrole nitrogens is 1. The molecule has 1 unspecified atom stereocenters. The highest BCUT2D eigenvalue weighted by Gasteiger charge is 1.54.